The minimum absolute atomic E-state index is 0.0328. The van der Waals surface area contributed by atoms with Gasteiger partial charge in [-0.3, -0.25) is 14.4 Å². The van der Waals surface area contributed by atoms with Crippen LogP contribution in [-0.4, -0.2) is 36.3 Å². The highest BCUT2D eigenvalue weighted by Crippen LogP contribution is 2.25. The van der Waals surface area contributed by atoms with E-state index in [1.54, 1.807) is 12.1 Å². The molecule has 1 heterocycles. The van der Waals surface area contributed by atoms with Crippen LogP contribution in [0, 0.1) is 6.92 Å². The molecule has 10 heteroatoms. The van der Waals surface area contributed by atoms with E-state index in [0.29, 0.717) is 22.5 Å². The van der Waals surface area contributed by atoms with E-state index < -0.39 is 32.6 Å². The lowest BCUT2D eigenvalue weighted by Crippen LogP contribution is -2.39. The molecule has 0 spiro atoms. The van der Waals surface area contributed by atoms with Gasteiger partial charge < -0.3 is 19.2 Å². The molecule has 1 N–H and O–H groups in total. The van der Waals surface area contributed by atoms with Gasteiger partial charge in [0.05, 0.1) is 34.5 Å². The van der Waals surface area contributed by atoms with Crippen LogP contribution in [0.2, 0.25) is 0 Å². The highest BCUT2D eigenvalue weighted by Gasteiger charge is 2.19. The van der Waals surface area contributed by atoms with Crippen molar-refractivity contribution in [3.05, 3.63) is 62.7 Å². The largest absolute Gasteiger partial charge is 0.495 e. The monoisotopic (exact) mass is 445 g/mol. The first-order valence-electron chi connectivity index (χ1n) is 9.42. The van der Waals surface area contributed by atoms with Gasteiger partial charge in [-0.15, -0.1) is 0 Å². The van der Waals surface area contributed by atoms with Gasteiger partial charge in [0.2, 0.25) is 5.91 Å². The number of sulfone groups is 1. The predicted octanol–water partition coefficient (Wildman–Crippen LogP) is 1.36. The molecule has 1 aromatic heterocycles. The Hall–Kier alpha value is -3.40. The van der Waals surface area contributed by atoms with E-state index in [2.05, 4.69) is 5.32 Å². The van der Waals surface area contributed by atoms with Gasteiger partial charge in [0.15, 0.2) is 9.84 Å². The van der Waals surface area contributed by atoms with E-state index >= 15 is 0 Å². The summed E-state index contributed by atoms with van der Waals surface area (Å²) < 4.78 is 33.1. The summed E-state index contributed by atoms with van der Waals surface area (Å²) in [5, 5.41) is 2.67. The van der Waals surface area contributed by atoms with Crippen molar-refractivity contribution in [1.82, 2.24) is 9.13 Å². The Morgan fingerprint density at radius 3 is 2.29 bits per heavy atom. The molecule has 0 aliphatic heterocycles. The number of aryl methyl sites for hydroxylation is 3. The third-order valence-corrected chi connectivity index (χ3v) is 6.76. The number of aromatic nitrogens is 2. The van der Waals surface area contributed by atoms with E-state index in [1.807, 2.05) is 13.0 Å². The summed E-state index contributed by atoms with van der Waals surface area (Å²) in [5.41, 5.74) is 0.661. The molecule has 31 heavy (non-hydrogen) atoms. The Kier molecular flexibility index (Phi) is 6.03. The van der Waals surface area contributed by atoms with Crippen LogP contribution in [0.25, 0.3) is 11.0 Å². The summed E-state index contributed by atoms with van der Waals surface area (Å²) in [5.74, 6) is -0.413. The van der Waals surface area contributed by atoms with E-state index in [9.17, 15) is 22.8 Å². The second-order valence-corrected chi connectivity index (χ2v) is 9.31. The molecule has 2 aromatic carbocycles. The molecule has 9 nitrogen and oxygen atoms in total. The number of benzene rings is 2. The number of nitrogens with zero attached hydrogens (tertiary/aromatic N) is 2. The van der Waals surface area contributed by atoms with Crippen molar-refractivity contribution in [3.63, 3.8) is 0 Å². The molecule has 3 rings (SSSR count). The van der Waals surface area contributed by atoms with Crippen LogP contribution in [0.4, 0.5) is 5.69 Å². The Bertz CT molecular complexity index is 1400. The van der Waals surface area contributed by atoms with Gasteiger partial charge in [0.1, 0.15) is 5.75 Å². The molecule has 0 radical (unpaired) electrons. The maximum absolute atomic E-state index is 12.8. The number of methoxy groups -OCH3 is 1. The zero-order valence-corrected chi connectivity index (χ0v) is 18.4. The fraction of sp³-hybridized carbons (Fsp3) is 0.286. The van der Waals surface area contributed by atoms with Gasteiger partial charge in [-0.2, -0.15) is 0 Å². The number of hydrogen-bond acceptors (Lipinski definition) is 6. The van der Waals surface area contributed by atoms with Crippen LogP contribution in [-0.2, 0) is 28.7 Å². The molecule has 0 aliphatic rings. The lowest BCUT2D eigenvalue weighted by Gasteiger charge is -2.12. The Morgan fingerprint density at radius 1 is 1.00 bits per heavy atom. The normalized spacial score (nSPS) is 11.5. The quantitative estimate of drug-likeness (QED) is 0.573. The molecule has 0 fully saturated rings. The van der Waals surface area contributed by atoms with Crippen LogP contribution in [0.5, 0.6) is 5.75 Å². The van der Waals surface area contributed by atoms with Crippen molar-refractivity contribution >= 4 is 32.5 Å². The molecular weight excluding hydrogens is 422 g/mol. The number of carbonyl (C=O) groups excluding carboxylic acids is 1. The summed E-state index contributed by atoms with van der Waals surface area (Å²) >= 11 is 0. The van der Waals surface area contributed by atoms with Crippen molar-refractivity contribution < 1.29 is 17.9 Å². The Balaban J connectivity index is 1.84. The number of carbonyl (C=O) groups is 1. The van der Waals surface area contributed by atoms with Gasteiger partial charge in [0.25, 0.3) is 0 Å². The van der Waals surface area contributed by atoms with E-state index in [-0.39, 0.29) is 11.3 Å². The van der Waals surface area contributed by atoms with Crippen molar-refractivity contribution in [3.8, 4) is 5.75 Å². The number of anilines is 1. The zero-order chi connectivity index (χ0) is 22.9. The number of nitrogens with one attached hydrogen (secondary N) is 1. The fourth-order valence-electron chi connectivity index (χ4n) is 3.23. The second kappa shape index (κ2) is 8.38. The first-order chi connectivity index (χ1) is 14.5. The molecule has 0 saturated heterocycles. The highest BCUT2D eigenvalue weighted by molar-refractivity contribution is 7.91. The first kappa shape index (κ1) is 22.3. The summed E-state index contributed by atoms with van der Waals surface area (Å²) in [4.78, 5) is 36.3. The Labute approximate surface area is 178 Å². The lowest BCUT2D eigenvalue weighted by atomic mass is 10.2. The predicted molar refractivity (Wildman–Crippen MR) is 117 cm³/mol. The minimum atomic E-state index is -3.81. The van der Waals surface area contributed by atoms with Gasteiger partial charge in [-0.05, 0) is 42.8 Å². The smallest absolute Gasteiger partial charge is 0.316 e. The molecule has 1 amide bonds. The average molecular weight is 445 g/mol. The number of fused-ring (bicyclic) bond motifs is 1. The highest BCUT2D eigenvalue weighted by atomic mass is 32.2. The second-order valence-electron chi connectivity index (χ2n) is 7.20. The van der Waals surface area contributed by atoms with Gasteiger partial charge in [-0.25, -0.2) is 8.42 Å². The SMILES string of the molecule is COc1ccc(C)cc1NC(=O)CCS(=O)(=O)c1ccc2c(c1)n(C)c(=O)c(=O)n2C. The van der Waals surface area contributed by atoms with Crippen LogP contribution >= 0.6 is 0 Å². The summed E-state index contributed by atoms with van der Waals surface area (Å²) in [6, 6.07) is 9.46. The van der Waals surface area contributed by atoms with Crippen LogP contribution < -0.4 is 21.2 Å². The van der Waals surface area contributed by atoms with E-state index in [0.717, 1.165) is 10.1 Å². The molecule has 0 aliphatic carbocycles. The molecule has 0 atom stereocenters. The third kappa shape index (κ3) is 4.38. The van der Waals surface area contributed by atoms with Gasteiger partial charge in [-0.1, -0.05) is 6.07 Å². The molecule has 164 valence electrons. The standard InChI is InChI=1S/C21H23N3O6S/c1-13-5-8-18(30-4)15(11-13)22-19(25)9-10-31(28,29)14-6-7-16-17(12-14)24(3)21(27)20(26)23(16)2/h5-8,11-12H,9-10H2,1-4H3,(H,22,25). The van der Waals surface area contributed by atoms with E-state index in [1.165, 1.54) is 44.0 Å². The van der Waals surface area contributed by atoms with Crippen molar-refractivity contribution in [2.75, 3.05) is 18.2 Å². The van der Waals surface area contributed by atoms with Gasteiger partial charge >= 0.3 is 11.1 Å². The van der Waals surface area contributed by atoms with Crippen LogP contribution in [0.1, 0.15) is 12.0 Å². The maximum Gasteiger partial charge on any atom is 0.316 e. The number of ether oxygens (including phenoxy) is 1. The minimum Gasteiger partial charge on any atom is -0.495 e. The molecule has 0 unspecified atom stereocenters. The van der Waals surface area contributed by atoms with Crippen molar-refractivity contribution in [2.24, 2.45) is 14.1 Å². The van der Waals surface area contributed by atoms with E-state index in [4.69, 9.17) is 4.74 Å². The summed E-state index contributed by atoms with van der Waals surface area (Å²) in [6.45, 7) is 1.86. The number of amides is 1. The van der Waals surface area contributed by atoms with Crippen molar-refractivity contribution in [1.29, 1.82) is 0 Å². The third-order valence-electron chi connectivity index (χ3n) is 5.05. The fourth-order valence-corrected chi connectivity index (χ4v) is 4.49. The van der Waals surface area contributed by atoms with Crippen LogP contribution in [0.3, 0.4) is 0 Å². The topological polar surface area (TPSA) is 116 Å². The summed E-state index contributed by atoms with van der Waals surface area (Å²) in [7, 11) is 0.526. The zero-order valence-electron chi connectivity index (χ0n) is 17.6. The molecule has 0 saturated carbocycles. The van der Waals surface area contributed by atoms with Crippen LogP contribution in [0.15, 0.2) is 50.9 Å². The molecule has 3 aromatic rings. The summed E-state index contributed by atoms with van der Waals surface area (Å²) in [6.07, 6.45) is -0.260. The van der Waals surface area contributed by atoms with Crippen molar-refractivity contribution in [2.45, 2.75) is 18.2 Å². The number of rotatable bonds is 6. The lowest BCUT2D eigenvalue weighted by molar-refractivity contribution is -0.115. The molecular formula is C21H23N3O6S. The maximum atomic E-state index is 12.8. The number of hydrogen-bond donors (Lipinski definition) is 1. The Morgan fingerprint density at radius 2 is 1.65 bits per heavy atom. The molecule has 0 bridgehead atoms. The first-order valence-corrected chi connectivity index (χ1v) is 11.1. The van der Waals surface area contributed by atoms with Gasteiger partial charge in [0, 0.05) is 20.5 Å². The average Bonchev–Trinajstić information content (AvgIpc) is 2.74.